The fourth-order valence-corrected chi connectivity index (χ4v) is 13.0. The van der Waals surface area contributed by atoms with E-state index in [1.807, 2.05) is 121 Å². The maximum atomic E-state index is 15.5. The number of hydrogen-bond acceptors (Lipinski definition) is 20. The van der Waals surface area contributed by atoms with Crippen molar-refractivity contribution in [2.45, 2.75) is 118 Å². The lowest BCUT2D eigenvalue weighted by molar-refractivity contribution is -0.379. The summed E-state index contributed by atoms with van der Waals surface area (Å²) in [5.41, 5.74) is 13.5. The molecule has 0 spiro atoms. The lowest BCUT2D eigenvalue weighted by Gasteiger charge is -2.53. The minimum absolute atomic E-state index is 0.0420. The summed E-state index contributed by atoms with van der Waals surface area (Å²) < 4.78 is 92.9. The first-order valence-corrected chi connectivity index (χ1v) is 30.7. The van der Waals surface area contributed by atoms with E-state index in [1.165, 1.54) is 31.4 Å². The third kappa shape index (κ3) is 12.5. The van der Waals surface area contributed by atoms with Crippen molar-refractivity contribution in [1.82, 2.24) is 9.80 Å². The topological polar surface area (TPSA) is 270 Å². The van der Waals surface area contributed by atoms with E-state index in [0.29, 0.717) is 28.2 Å². The van der Waals surface area contributed by atoms with Gasteiger partial charge in [-0.1, -0.05) is 151 Å². The average Bonchev–Trinajstić information content (AvgIpc) is 1.45. The zero-order valence-electron chi connectivity index (χ0n) is 50.4. The second kappa shape index (κ2) is 27.7. The van der Waals surface area contributed by atoms with Gasteiger partial charge in [0.1, 0.15) is 79.0 Å². The second-order valence-corrected chi connectivity index (χ2v) is 23.2. The van der Waals surface area contributed by atoms with Gasteiger partial charge < -0.3 is 66.3 Å². The van der Waals surface area contributed by atoms with Gasteiger partial charge >= 0.3 is 6.16 Å². The molecule has 4 amide bonds. The number of benzene rings is 7. The first kappa shape index (κ1) is 62.1. The van der Waals surface area contributed by atoms with Gasteiger partial charge in [-0.3, -0.25) is 29.0 Å². The van der Waals surface area contributed by atoms with Gasteiger partial charge in [0.05, 0.1) is 62.4 Å². The molecule has 5 fully saturated rings. The molecule has 7 aromatic carbocycles. The average molecular weight is 1280 g/mol. The maximum absolute atomic E-state index is 15.5. The Morgan fingerprint density at radius 1 is 0.489 bits per heavy atom. The van der Waals surface area contributed by atoms with Gasteiger partial charge in [0, 0.05) is 10.5 Å². The molecule has 7 aliphatic rings. The quantitative estimate of drug-likeness (QED) is 0.0201. The van der Waals surface area contributed by atoms with Crippen molar-refractivity contribution < 1.29 is 90.3 Å². The minimum atomic E-state index is -1.82. The van der Waals surface area contributed by atoms with Crippen LogP contribution in [-0.2, 0) is 76.7 Å². The van der Waals surface area contributed by atoms with Crippen LogP contribution < -0.4 is 9.47 Å². The summed E-state index contributed by atoms with van der Waals surface area (Å²) in [7, 11) is 1.52. The van der Waals surface area contributed by atoms with E-state index in [0.717, 1.165) is 15.4 Å². The standard InChI is InChI=1S/C70H63N5O19/c1-81-44-30-32-45(33-31-44)83-38-51-56(58(84-35-41-20-8-3-9-21-41)53(62(87-51)72-73-71)74-63(76)46-26-14-15-27-47(46)64(74)77)91-68-54(75-65(78)48-28-16-17-29-49(48)66(75)79)59(85-36-42-22-10-4-11-23-42)55(50(88-68)37-82-34-40-18-6-2-7-19-40)92-69-61-60(93-70(80)94-61)57-52(89-69)39-86-67(90-57)43-24-12-5-13-25-43/h2-33,50-62,67-69H,34-39H2,1H3/t50-,51-,52-,53-,54-,55-,56-,57-,58-,59-,60+,61+,62-,67-,68+,69+/m1/s1. The van der Waals surface area contributed by atoms with E-state index in [2.05, 4.69) is 10.0 Å². The van der Waals surface area contributed by atoms with Gasteiger partial charge in [0.15, 0.2) is 37.3 Å². The van der Waals surface area contributed by atoms with Crippen molar-refractivity contribution in [3.05, 3.63) is 249 Å². The second-order valence-electron chi connectivity index (χ2n) is 23.2. The Kier molecular flexibility index (Phi) is 18.3. The van der Waals surface area contributed by atoms with Crippen molar-refractivity contribution in [2.24, 2.45) is 5.11 Å². The summed E-state index contributed by atoms with van der Waals surface area (Å²) in [6.07, 6.45) is -19.8. The molecule has 94 heavy (non-hydrogen) atoms. The Balaban J connectivity index is 0.909. The van der Waals surface area contributed by atoms with Crippen molar-refractivity contribution in [2.75, 3.05) is 26.9 Å². The molecule has 0 aromatic heterocycles. The number of rotatable bonds is 22. The van der Waals surface area contributed by atoms with Crippen LogP contribution in [-0.4, -0.2) is 158 Å². The summed E-state index contributed by atoms with van der Waals surface area (Å²) in [4.78, 5) is 79.4. The molecule has 7 aromatic rings. The molecule has 0 bridgehead atoms. The molecule has 24 nitrogen and oxygen atoms in total. The van der Waals surface area contributed by atoms with Gasteiger partial charge in [-0.25, -0.2) is 4.79 Å². The minimum Gasteiger partial charge on any atom is -0.497 e. The Hall–Kier alpha value is -9.40. The van der Waals surface area contributed by atoms with E-state index in [4.69, 9.17) is 66.3 Å². The molecule has 14 rings (SSSR count). The number of nitrogens with zero attached hydrogens (tertiary/aromatic N) is 5. The van der Waals surface area contributed by atoms with Crippen LogP contribution in [0.15, 0.2) is 199 Å². The molecular formula is C70H63N5O19. The predicted octanol–water partition coefficient (Wildman–Crippen LogP) is 9.06. The Morgan fingerprint density at radius 2 is 0.968 bits per heavy atom. The molecule has 7 heterocycles. The van der Waals surface area contributed by atoms with Crippen LogP contribution in [0.1, 0.15) is 70.0 Å². The highest BCUT2D eigenvalue weighted by Crippen LogP contribution is 2.44. The van der Waals surface area contributed by atoms with Gasteiger partial charge in [-0.05, 0) is 70.8 Å². The highest BCUT2D eigenvalue weighted by molar-refractivity contribution is 6.22. The van der Waals surface area contributed by atoms with Crippen molar-refractivity contribution in [3.8, 4) is 11.5 Å². The van der Waals surface area contributed by atoms with Crippen LogP contribution >= 0.6 is 0 Å². The Morgan fingerprint density at radius 3 is 1.52 bits per heavy atom. The predicted molar refractivity (Wildman–Crippen MR) is 326 cm³/mol. The number of methoxy groups -OCH3 is 1. The van der Waals surface area contributed by atoms with Gasteiger partial charge in [-0.2, -0.15) is 0 Å². The van der Waals surface area contributed by atoms with Gasteiger partial charge in [-0.15, -0.1) is 0 Å². The molecule has 482 valence electrons. The van der Waals surface area contributed by atoms with Crippen LogP contribution in [0.5, 0.6) is 11.5 Å². The molecular weight excluding hydrogens is 1210 g/mol. The number of imide groups is 2. The highest BCUT2D eigenvalue weighted by atomic mass is 16.8. The van der Waals surface area contributed by atoms with E-state index in [-0.39, 0.29) is 61.9 Å². The normalized spacial score (nSPS) is 29.3. The summed E-state index contributed by atoms with van der Waals surface area (Å²) in [6, 6.07) is 52.8. The van der Waals surface area contributed by atoms with Crippen LogP contribution in [0.4, 0.5) is 4.79 Å². The smallest absolute Gasteiger partial charge is 0.497 e. The number of ether oxygens (including phenoxy) is 14. The zero-order valence-corrected chi connectivity index (χ0v) is 50.4. The Bertz CT molecular complexity index is 3840. The molecule has 5 saturated heterocycles. The first-order valence-electron chi connectivity index (χ1n) is 30.7. The monoisotopic (exact) mass is 1280 g/mol. The van der Waals surface area contributed by atoms with E-state index in [9.17, 15) is 19.9 Å². The molecule has 0 unspecified atom stereocenters. The van der Waals surface area contributed by atoms with Gasteiger partial charge in [0.25, 0.3) is 23.6 Å². The first-order chi connectivity index (χ1) is 46.1. The van der Waals surface area contributed by atoms with E-state index in [1.54, 1.807) is 48.5 Å². The third-order valence-electron chi connectivity index (χ3n) is 17.5. The molecule has 0 radical (unpaired) electrons. The van der Waals surface area contributed by atoms with Crippen molar-refractivity contribution in [3.63, 3.8) is 0 Å². The molecule has 0 aliphatic carbocycles. The number of azide groups is 1. The molecule has 0 N–H and O–H groups in total. The summed E-state index contributed by atoms with van der Waals surface area (Å²) >= 11 is 0. The fraction of sp³-hybridized carbons (Fsp3) is 0.329. The molecule has 24 heteroatoms. The lowest BCUT2D eigenvalue weighted by Crippen LogP contribution is -2.71. The van der Waals surface area contributed by atoms with E-state index >= 15 is 9.59 Å². The highest BCUT2D eigenvalue weighted by Gasteiger charge is 2.63. The van der Waals surface area contributed by atoms with Crippen molar-refractivity contribution >= 4 is 29.8 Å². The van der Waals surface area contributed by atoms with Crippen LogP contribution in [0, 0.1) is 0 Å². The van der Waals surface area contributed by atoms with Crippen molar-refractivity contribution in [1.29, 1.82) is 0 Å². The SMILES string of the molecule is COc1ccc(OC[C@H]2O[C@@H](N=[N+]=[N-])[C@H](N3C(=O)c4ccccc4C3=O)[C@@H](OCc3ccccc3)[C@@H]2O[C@@H]2O[C@H](COCc3ccccc3)[C@@H](O[C@@H]3O[C@@H]4CO[C@@H](c5ccccc5)O[C@H]4[C@@H]4OC(=O)O[C@H]34)[C@H](OCc3ccccc3)[C@H]2N2C(=O)c3ccccc3C2=O)cc1. The number of fused-ring (bicyclic) bond motifs is 5. The van der Waals surface area contributed by atoms with Crippen LogP contribution in [0.25, 0.3) is 10.4 Å². The number of carbonyl (C=O) groups is 5. The molecule has 16 atom stereocenters. The molecule has 0 saturated carbocycles. The summed E-state index contributed by atoms with van der Waals surface area (Å²) in [6.45, 7) is -1.02. The summed E-state index contributed by atoms with van der Waals surface area (Å²) in [5, 5.41) is 4.10. The Labute approximate surface area is 538 Å². The maximum Gasteiger partial charge on any atom is 0.509 e. The van der Waals surface area contributed by atoms with Gasteiger partial charge in [0.2, 0.25) is 0 Å². The molecule has 7 aliphatic heterocycles. The number of hydrogen-bond donors (Lipinski definition) is 0. The zero-order chi connectivity index (χ0) is 64.2. The third-order valence-corrected chi connectivity index (χ3v) is 17.5. The number of carbonyl (C=O) groups excluding carboxylic acids is 5. The lowest BCUT2D eigenvalue weighted by atomic mass is 9.92. The van der Waals surface area contributed by atoms with Crippen LogP contribution in [0.2, 0.25) is 0 Å². The summed E-state index contributed by atoms with van der Waals surface area (Å²) in [5.74, 6) is -2.11. The largest absolute Gasteiger partial charge is 0.509 e. The fourth-order valence-electron chi connectivity index (χ4n) is 13.0. The van der Waals surface area contributed by atoms with Crippen LogP contribution in [0.3, 0.4) is 0 Å². The number of amides is 4. The van der Waals surface area contributed by atoms with E-state index < -0.39 is 128 Å².